The molecule has 3 rings (SSSR count). The third kappa shape index (κ3) is 3.01. The Balaban J connectivity index is 1.76. The Labute approximate surface area is 135 Å². The minimum Gasteiger partial charge on any atom is -0.399 e. The molecule has 2 aliphatic rings. The van der Waals surface area contributed by atoms with Gasteiger partial charge in [0.15, 0.2) is 0 Å². The van der Waals surface area contributed by atoms with E-state index in [9.17, 15) is 9.18 Å². The first-order valence-corrected chi connectivity index (χ1v) is 7.73. The van der Waals surface area contributed by atoms with Gasteiger partial charge in [-0.25, -0.2) is 4.39 Å². The molecule has 0 radical (unpaired) electrons. The van der Waals surface area contributed by atoms with E-state index in [1.807, 2.05) is 27.7 Å². The number of hydrogen-bond acceptors (Lipinski definition) is 4. The summed E-state index contributed by atoms with van der Waals surface area (Å²) >= 11 is 0. The lowest BCUT2D eigenvalue weighted by molar-refractivity contribution is -0.00352. The molecule has 1 amide bonds. The topological polar surface area (TPSA) is 56.8 Å². The predicted octanol–water partition coefficient (Wildman–Crippen LogP) is 1.25. The van der Waals surface area contributed by atoms with Crippen LogP contribution >= 0.6 is 0 Å². The van der Waals surface area contributed by atoms with E-state index >= 15 is 0 Å². The average molecular weight is 321 g/mol. The van der Waals surface area contributed by atoms with Gasteiger partial charge in [0.2, 0.25) is 0 Å². The molecule has 2 aliphatic heterocycles. The van der Waals surface area contributed by atoms with Gasteiger partial charge in [-0.2, -0.15) is 0 Å². The average Bonchev–Trinajstić information content (AvgIpc) is 2.62. The summed E-state index contributed by atoms with van der Waals surface area (Å²) in [6.07, 6.45) is 0. The molecule has 124 valence electrons. The number of rotatable bonds is 3. The minimum atomic E-state index is -0.647. The van der Waals surface area contributed by atoms with Gasteiger partial charge in [-0.15, -0.1) is 0 Å². The highest BCUT2D eigenvalue weighted by Crippen LogP contribution is 2.36. The molecule has 5 nitrogen and oxygen atoms in total. The van der Waals surface area contributed by atoms with Gasteiger partial charge in [0.05, 0.1) is 36.0 Å². The van der Waals surface area contributed by atoms with E-state index in [0.29, 0.717) is 18.7 Å². The Morgan fingerprint density at radius 1 is 1.22 bits per heavy atom. The molecule has 1 aromatic carbocycles. The summed E-state index contributed by atoms with van der Waals surface area (Å²) in [5.41, 5.74) is -0.412. The zero-order valence-corrected chi connectivity index (χ0v) is 13.8. The summed E-state index contributed by atoms with van der Waals surface area (Å²) < 4.78 is 31.1. The van der Waals surface area contributed by atoms with E-state index in [0.717, 1.165) is 0 Å². The molecule has 1 N–H and O–H groups in total. The molecule has 0 unspecified atom stereocenters. The Morgan fingerprint density at radius 2 is 1.83 bits per heavy atom. The van der Waals surface area contributed by atoms with Gasteiger partial charge in [-0.05, 0) is 45.3 Å². The van der Waals surface area contributed by atoms with Gasteiger partial charge in [0.25, 0.3) is 5.91 Å². The molecule has 7 heteroatoms. The van der Waals surface area contributed by atoms with Crippen molar-refractivity contribution in [1.29, 1.82) is 0 Å². The van der Waals surface area contributed by atoms with Crippen LogP contribution in [0.4, 0.5) is 4.39 Å². The van der Waals surface area contributed by atoms with Crippen molar-refractivity contribution in [2.45, 2.75) is 44.9 Å². The van der Waals surface area contributed by atoms with Crippen molar-refractivity contribution in [2.75, 3.05) is 13.2 Å². The Morgan fingerprint density at radius 3 is 2.30 bits per heavy atom. The summed E-state index contributed by atoms with van der Waals surface area (Å²) in [6, 6.07) is 4.39. The zero-order chi connectivity index (χ0) is 16.8. The van der Waals surface area contributed by atoms with Crippen LogP contribution in [-0.2, 0) is 14.0 Å². The normalized spacial score (nSPS) is 22.7. The van der Waals surface area contributed by atoms with Crippen LogP contribution in [0.3, 0.4) is 0 Å². The SMILES string of the molecule is CC1(C)OB(c2ccc(C(=O)NC3COC3)c(F)c2)OC1(C)C. The van der Waals surface area contributed by atoms with Gasteiger partial charge in [0.1, 0.15) is 5.82 Å². The number of benzene rings is 1. The third-order valence-electron chi connectivity index (χ3n) is 4.74. The minimum absolute atomic E-state index is 0.0113. The number of ether oxygens (including phenoxy) is 1. The molecule has 0 aromatic heterocycles. The molecule has 2 heterocycles. The van der Waals surface area contributed by atoms with Crippen molar-refractivity contribution in [3.63, 3.8) is 0 Å². The first-order chi connectivity index (χ1) is 10.7. The highest BCUT2D eigenvalue weighted by Gasteiger charge is 2.51. The molecule has 1 aromatic rings. The lowest BCUT2D eigenvalue weighted by Crippen LogP contribution is -2.48. The predicted molar refractivity (Wildman–Crippen MR) is 84.2 cm³/mol. The largest absolute Gasteiger partial charge is 0.494 e. The molecular formula is C16H21BFNO4. The van der Waals surface area contributed by atoms with Crippen LogP contribution in [0, 0.1) is 5.82 Å². The summed E-state index contributed by atoms with van der Waals surface area (Å²) in [4.78, 5) is 12.0. The van der Waals surface area contributed by atoms with Crippen LogP contribution in [0.1, 0.15) is 38.1 Å². The fraction of sp³-hybridized carbons (Fsp3) is 0.562. The highest BCUT2D eigenvalue weighted by molar-refractivity contribution is 6.62. The van der Waals surface area contributed by atoms with Crippen molar-refractivity contribution in [3.05, 3.63) is 29.6 Å². The number of hydrogen-bond donors (Lipinski definition) is 1. The molecule has 0 spiro atoms. The van der Waals surface area contributed by atoms with Gasteiger partial charge < -0.3 is 19.4 Å². The van der Waals surface area contributed by atoms with Gasteiger partial charge in [0, 0.05) is 0 Å². The van der Waals surface area contributed by atoms with Gasteiger partial charge >= 0.3 is 7.12 Å². The van der Waals surface area contributed by atoms with Crippen LogP contribution < -0.4 is 10.8 Å². The third-order valence-corrected chi connectivity index (χ3v) is 4.74. The van der Waals surface area contributed by atoms with E-state index in [1.54, 1.807) is 6.07 Å². The quantitative estimate of drug-likeness (QED) is 0.852. The van der Waals surface area contributed by atoms with Crippen LogP contribution in [0.5, 0.6) is 0 Å². The smallest absolute Gasteiger partial charge is 0.399 e. The molecule has 0 bridgehead atoms. The molecule has 0 aliphatic carbocycles. The van der Waals surface area contributed by atoms with Gasteiger partial charge in [-0.1, -0.05) is 6.07 Å². The maximum Gasteiger partial charge on any atom is 0.494 e. The Bertz CT molecular complexity index is 615. The van der Waals surface area contributed by atoms with Crippen LogP contribution in [-0.4, -0.2) is 43.5 Å². The lowest BCUT2D eigenvalue weighted by atomic mass is 9.78. The second kappa shape index (κ2) is 5.58. The number of amides is 1. The van der Waals surface area contributed by atoms with Crippen LogP contribution in [0.2, 0.25) is 0 Å². The standard InChI is InChI=1S/C16H21BFNO4/c1-15(2)16(3,4)23-17(22-15)10-5-6-12(13(18)7-10)14(20)19-11-8-21-9-11/h5-7,11H,8-9H2,1-4H3,(H,19,20). The summed E-state index contributed by atoms with van der Waals surface area (Å²) in [5, 5.41) is 2.72. The second-order valence-corrected chi connectivity index (χ2v) is 7.04. The number of carbonyl (C=O) groups is 1. The van der Waals surface area contributed by atoms with Crippen molar-refractivity contribution in [2.24, 2.45) is 0 Å². The lowest BCUT2D eigenvalue weighted by Gasteiger charge is -2.32. The Hall–Kier alpha value is -1.44. The van der Waals surface area contributed by atoms with Crippen LogP contribution in [0.25, 0.3) is 0 Å². The van der Waals surface area contributed by atoms with Crippen molar-refractivity contribution in [1.82, 2.24) is 5.32 Å². The van der Waals surface area contributed by atoms with E-state index in [4.69, 9.17) is 14.0 Å². The molecular weight excluding hydrogens is 300 g/mol. The van der Waals surface area contributed by atoms with Crippen molar-refractivity contribution in [3.8, 4) is 0 Å². The molecule has 2 fully saturated rings. The number of halogens is 1. The zero-order valence-electron chi connectivity index (χ0n) is 13.8. The summed E-state index contributed by atoms with van der Waals surface area (Å²) in [6.45, 7) is 8.69. The van der Waals surface area contributed by atoms with Crippen molar-refractivity contribution < 1.29 is 23.2 Å². The number of nitrogens with one attached hydrogen (secondary N) is 1. The Kier molecular flexibility index (Phi) is 3.98. The first-order valence-electron chi connectivity index (χ1n) is 7.73. The second-order valence-electron chi connectivity index (χ2n) is 7.04. The van der Waals surface area contributed by atoms with Gasteiger partial charge in [-0.3, -0.25) is 4.79 Å². The van der Waals surface area contributed by atoms with E-state index < -0.39 is 30.0 Å². The van der Waals surface area contributed by atoms with E-state index in [1.165, 1.54) is 12.1 Å². The maximum absolute atomic E-state index is 14.3. The molecule has 0 atom stereocenters. The molecule has 0 saturated carbocycles. The summed E-state index contributed by atoms with van der Waals surface area (Å²) in [5.74, 6) is -1.02. The fourth-order valence-electron chi connectivity index (χ4n) is 2.42. The first kappa shape index (κ1) is 16.4. The number of carbonyl (C=O) groups excluding carboxylic acids is 1. The fourth-order valence-corrected chi connectivity index (χ4v) is 2.42. The van der Waals surface area contributed by atoms with Crippen molar-refractivity contribution >= 4 is 18.5 Å². The highest BCUT2D eigenvalue weighted by atomic mass is 19.1. The summed E-state index contributed by atoms with van der Waals surface area (Å²) in [7, 11) is -0.647. The maximum atomic E-state index is 14.3. The monoisotopic (exact) mass is 321 g/mol. The molecule has 2 saturated heterocycles. The van der Waals surface area contributed by atoms with E-state index in [2.05, 4.69) is 5.32 Å². The van der Waals surface area contributed by atoms with Crippen LogP contribution in [0.15, 0.2) is 18.2 Å². The molecule has 23 heavy (non-hydrogen) atoms. The van der Waals surface area contributed by atoms with E-state index in [-0.39, 0.29) is 11.6 Å².